The van der Waals surface area contributed by atoms with E-state index in [4.69, 9.17) is 10.5 Å². The Balaban J connectivity index is 2.53. The highest BCUT2D eigenvalue weighted by Gasteiger charge is 2.17. The van der Waals surface area contributed by atoms with Crippen molar-refractivity contribution in [3.63, 3.8) is 0 Å². The molecule has 0 radical (unpaired) electrons. The van der Waals surface area contributed by atoms with Crippen LogP contribution >= 0.6 is 0 Å². The van der Waals surface area contributed by atoms with Crippen LogP contribution < -0.4 is 5.73 Å². The van der Waals surface area contributed by atoms with Crippen LogP contribution in [0, 0.1) is 6.92 Å². The molecule has 2 N–H and O–H groups in total. The van der Waals surface area contributed by atoms with Gasteiger partial charge in [-0.2, -0.15) is 0 Å². The van der Waals surface area contributed by atoms with E-state index in [0.29, 0.717) is 23.4 Å². The van der Waals surface area contributed by atoms with Crippen LogP contribution in [-0.2, 0) is 4.74 Å². The van der Waals surface area contributed by atoms with Gasteiger partial charge in [-0.05, 0) is 31.0 Å². The molecule has 0 unspecified atom stereocenters. The van der Waals surface area contributed by atoms with Crippen molar-refractivity contribution in [3.8, 4) is 0 Å². The standard InChI is InChI=1S/C14H16N2O2/c1-3-7-18-14(17)11-9(2)8-10-5-4-6-16-13(10)12(11)15/h4-6,8H,3,7,15H2,1-2H3. The maximum absolute atomic E-state index is 12.0. The van der Waals surface area contributed by atoms with Crippen LogP contribution in [0.15, 0.2) is 24.4 Å². The lowest BCUT2D eigenvalue weighted by molar-refractivity contribution is 0.0505. The Labute approximate surface area is 106 Å². The van der Waals surface area contributed by atoms with E-state index in [-0.39, 0.29) is 5.97 Å². The summed E-state index contributed by atoms with van der Waals surface area (Å²) in [5.74, 6) is -0.376. The maximum atomic E-state index is 12.0. The quantitative estimate of drug-likeness (QED) is 0.666. The normalized spacial score (nSPS) is 10.6. The Morgan fingerprint density at radius 1 is 1.50 bits per heavy atom. The molecule has 0 spiro atoms. The summed E-state index contributed by atoms with van der Waals surface area (Å²) in [6, 6.07) is 5.67. The fourth-order valence-electron chi connectivity index (χ4n) is 1.93. The fourth-order valence-corrected chi connectivity index (χ4v) is 1.93. The first-order chi connectivity index (χ1) is 8.65. The zero-order valence-corrected chi connectivity index (χ0v) is 10.6. The molecule has 2 aromatic rings. The zero-order chi connectivity index (χ0) is 13.1. The van der Waals surface area contributed by atoms with E-state index in [2.05, 4.69) is 4.98 Å². The summed E-state index contributed by atoms with van der Waals surface area (Å²) in [5.41, 5.74) is 8.31. The van der Waals surface area contributed by atoms with Crippen molar-refractivity contribution < 1.29 is 9.53 Å². The average molecular weight is 244 g/mol. The van der Waals surface area contributed by atoms with Gasteiger partial charge < -0.3 is 10.5 Å². The lowest BCUT2D eigenvalue weighted by Gasteiger charge is -2.11. The van der Waals surface area contributed by atoms with Crippen molar-refractivity contribution in [1.82, 2.24) is 4.98 Å². The smallest absolute Gasteiger partial charge is 0.340 e. The van der Waals surface area contributed by atoms with Gasteiger partial charge in [0.05, 0.1) is 23.4 Å². The summed E-state index contributed by atoms with van der Waals surface area (Å²) in [6.45, 7) is 4.20. The summed E-state index contributed by atoms with van der Waals surface area (Å²) >= 11 is 0. The van der Waals surface area contributed by atoms with E-state index in [1.54, 1.807) is 6.20 Å². The Morgan fingerprint density at radius 3 is 3.00 bits per heavy atom. The van der Waals surface area contributed by atoms with Crippen molar-refractivity contribution in [2.45, 2.75) is 20.3 Å². The zero-order valence-electron chi connectivity index (χ0n) is 10.6. The number of hydrogen-bond acceptors (Lipinski definition) is 4. The molecule has 4 heteroatoms. The number of ether oxygens (including phenoxy) is 1. The molecule has 0 bridgehead atoms. The predicted octanol–water partition coefficient (Wildman–Crippen LogP) is 2.69. The van der Waals surface area contributed by atoms with Gasteiger partial charge in [-0.15, -0.1) is 0 Å². The molecule has 1 aromatic heterocycles. The Hall–Kier alpha value is -2.10. The molecule has 0 fully saturated rings. The largest absolute Gasteiger partial charge is 0.462 e. The van der Waals surface area contributed by atoms with E-state index < -0.39 is 0 Å². The molecule has 0 saturated carbocycles. The molecule has 0 aliphatic rings. The molecule has 0 aliphatic heterocycles. The van der Waals surface area contributed by atoms with E-state index in [1.807, 2.05) is 32.0 Å². The van der Waals surface area contributed by atoms with E-state index >= 15 is 0 Å². The van der Waals surface area contributed by atoms with Gasteiger partial charge in [-0.25, -0.2) is 4.79 Å². The number of esters is 1. The molecule has 0 amide bonds. The summed E-state index contributed by atoms with van der Waals surface area (Å²) in [4.78, 5) is 16.2. The molecule has 1 heterocycles. The van der Waals surface area contributed by atoms with Crippen molar-refractivity contribution in [1.29, 1.82) is 0 Å². The van der Waals surface area contributed by atoms with Crippen LogP contribution in [0.5, 0.6) is 0 Å². The van der Waals surface area contributed by atoms with Gasteiger partial charge in [0.15, 0.2) is 0 Å². The Morgan fingerprint density at radius 2 is 2.28 bits per heavy atom. The molecule has 4 nitrogen and oxygen atoms in total. The predicted molar refractivity (Wildman–Crippen MR) is 71.5 cm³/mol. The molecule has 0 aliphatic carbocycles. The van der Waals surface area contributed by atoms with Gasteiger partial charge in [-0.3, -0.25) is 4.98 Å². The molecule has 94 valence electrons. The van der Waals surface area contributed by atoms with E-state index in [0.717, 1.165) is 17.4 Å². The van der Waals surface area contributed by atoms with Crippen LogP contribution in [0.2, 0.25) is 0 Å². The molecule has 1 aromatic carbocycles. The second kappa shape index (κ2) is 5.04. The highest BCUT2D eigenvalue weighted by atomic mass is 16.5. The molecular formula is C14H16N2O2. The number of hydrogen-bond donors (Lipinski definition) is 1. The third-order valence-electron chi connectivity index (χ3n) is 2.77. The number of aryl methyl sites for hydroxylation is 1. The first kappa shape index (κ1) is 12.4. The number of fused-ring (bicyclic) bond motifs is 1. The minimum absolute atomic E-state index is 0.376. The van der Waals surface area contributed by atoms with Crippen LogP contribution in [0.3, 0.4) is 0 Å². The lowest BCUT2D eigenvalue weighted by atomic mass is 10.0. The molecule has 0 saturated heterocycles. The summed E-state index contributed by atoms with van der Waals surface area (Å²) in [5, 5.41) is 0.930. The topological polar surface area (TPSA) is 65.2 Å². The number of pyridine rings is 1. The lowest BCUT2D eigenvalue weighted by Crippen LogP contribution is -2.11. The third kappa shape index (κ3) is 2.14. The third-order valence-corrected chi connectivity index (χ3v) is 2.77. The fraction of sp³-hybridized carbons (Fsp3) is 0.286. The van der Waals surface area contributed by atoms with Gasteiger partial charge in [0.2, 0.25) is 0 Å². The SMILES string of the molecule is CCCOC(=O)c1c(C)cc2cccnc2c1N. The van der Waals surface area contributed by atoms with Crippen molar-refractivity contribution >= 4 is 22.6 Å². The number of rotatable bonds is 3. The summed E-state index contributed by atoms with van der Waals surface area (Å²) < 4.78 is 5.14. The minimum Gasteiger partial charge on any atom is -0.462 e. The number of nitrogens with zero attached hydrogens (tertiary/aromatic N) is 1. The molecule has 2 rings (SSSR count). The van der Waals surface area contributed by atoms with Gasteiger partial charge in [0.25, 0.3) is 0 Å². The van der Waals surface area contributed by atoms with Crippen molar-refractivity contribution in [3.05, 3.63) is 35.5 Å². The summed E-state index contributed by atoms with van der Waals surface area (Å²) in [7, 11) is 0. The number of nitrogen functional groups attached to an aromatic ring is 1. The highest BCUT2D eigenvalue weighted by molar-refractivity contribution is 6.05. The maximum Gasteiger partial charge on any atom is 0.340 e. The Kier molecular flexibility index (Phi) is 3.46. The second-order valence-corrected chi connectivity index (χ2v) is 4.19. The first-order valence-electron chi connectivity index (χ1n) is 5.96. The number of anilines is 1. The van der Waals surface area contributed by atoms with Gasteiger partial charge >= 0.3 is 5.97 Å². The van der Waals surface area contributed by atoms with E-state index in [9.17, 15) is 4.79 Å². The first-order valence-corrected chi connectivity index (χ1v) is 5.96. The van der Waals surface area contributed by atoms with Crippen LogP contribution in [0.4, 0.5) is 5.69 Å². The number of aromatic nitrogens is 1. The minimum atomic E-state index is -0.376. The van der Waals surface area contributed by atoms with Crippen LogP contribution in [0.1, 0.15) is 29.3 Å². The van der Waals surface area contributed by atoms with Gasteiger partial charge in [0, 0.05) is 11.6 Å². The van der Waals surface area contributed by atoms with Gasteiger partial charge in [0.1, 0.15) is 0 Å². The van der Waals surface area contributed by atoms with Gasteiger partial charge in [-0.1, -0.05) is 13.0 Å². The molecular weight excluding hydrogens is 228 g/mol. The Bertz CT molecular complexity index is 594. The highest BCUT2D eigenvalue weighted by Crippen LogP contribution is 2.26. The average Bonchev–Trinajstić information content (AvgIpc) is 2.36. The van der Waals surface area contributed by atoms with Crippen molar-refractivity contribution in [2.24, 2.45) is 0 Å². The van der Waals surface area contributed by atoms with Crippen molar-refractivity contribution in [2.75, 3.05) is 12.3 Å². The number of benzene rings is 1. The molecule has 18 heavy (non-hydrogen) atoms. The van der Waals surface area contributed by atoms with Crippen LogP contribution in [-0.4, -0.2) is 17.6 Å². The number of carbonyl (C=O) groups is 1. The van der Waals surface area contributed by atoms with Crippen LogP contribution in [0.25, 0.3) is 10.9 Å². The summed E-state index contributed by atoms with van der Waals surface area (Å²) in [6.07, 6.45) is 2.45. The number of carbonyl (C=O) groups excluding carboxylic acids is 1. The van der Waals surface area contributed by atoms with E-state index in [1.165, 1.54) is 0 Å². The second-order valence-electron chi connectivity index (χ2n) is 4.19. The number of nitrogens with two attached hydrogens (primary N) is 1. The monoisotopic (exact) mass is 244 g/mol. The molecule has 0 atom stereocenters.